The highest BCUT2D eigenvalue weighted by Gasteiger charge is 2.09. The third-order valence-electron chi connectivity index (χ3n) is 4.68. The predicted molar refractivity (Wildman–Crippen MR) is 139 cm³/mol. The summed E-state index contributed by atoms with van der Waals surface area (Å²) in [4.78, 5) is 22.9. The summed E-state index contributed by atoms with van der Waals surface area (Å²) in [7, 11) is 3.90. The zero-order chi connectivity index (χ0) is 23.9. The van der Waals surface area contributed by atoms with Crippen LogP contribution in [0, 0.1) is 0 Å². The Morgan fingerprint density at radius 3 is 2.76 bits per heavy atom. The first-order valence-electron chi connectivity index (χ1n) is 10.6. The van der Waals surface area contributed by atoms with E-state index in [9.17, 15) is 4.79 Å². The molecule has 0 saturated carbocycles. The number of hydrogen-bond acceptors (Lipinski definition) is 7. The van der Waals surface area contributed by atoms with Gasteiger partial charge >= 0.3 is 0 Å². The largest absolute Gasteiger partial charge is 0.486 e. The van der Waals surface area contributed by atoms with E-state index in [1.807, 2.05) is 73.6 Å². The number of ether oxygens (including phenoxy) is 1. The van der Waals surface area contributed by atoms with E-state index in [-0.39, 0.29) is 5.91 Å². The monoisotopic (exact) mass is 493 g/mol. The maximum Gasteiger partial charge on any atom is 0.248 e. The maximum atomic E-state index is 12.1. The number of benzene rings is 2. The van der Waals surface area contributed by atoms with E-state index in [4.69, 9.17) is 16.3 Å². The Kier molecular flexibility index (Phi) is 7.74. The topological polar surface area (TPSA) is 79.4 Å². The van der Waals surface area contributed by atoms with Crippen LogP contribution in [-0.4, -0.2) is 41.4 Å². The lowest BCUT2D eigenvalue weighted by Gasteiger charge is -2.09. The highest BCUT2D eigenvalue weighted by molar-refractivity contribution is 7.22. The summed E-state index contributed by atoms with van der Waals surface area (Å²) < 4.78 is 6.74. The number of nitrogens with zero attached hydrogens (tertiary/aromatic N) is 3. The van der Waals surface area contributed by atoms with Gasteiger partial charge in [0.15, 0.2) is 5.13 Å². The maximum absolute atomic E-state index is 12.1. The van der Waals surface area contributed by atoms with Gasteiger partial charge in [0, 0.05) is 30.2 Å². The molecular weight excluding hydrogens is 470 g/mol. The zero-order valence-electron chi connectivity index (χ0n) is 18.8. The number of likely N-dealkylation sites (N-methyl/N-ethyl adjacent to an activating group) is 1. The highest BCUT2D eigenvalue weighted by Crippen LogP contribution is 2.33. The fraction of sp³-hybridized carbons (Fsp3) is 0.160. The Bertz CT molecular complexity index is 1310. The summed E-state index contributed by atoms with van der Waals surface area (Å²) in [5.41, 5.74) is 3.19. The molecule has 2 N–H and O–H groups in total. The van der Waals surface area contributed by atoms with Gasteiger partial charge in [-0.15, -0.1) is 0 Å². The van der Waals surface area contributed by atoms with E-state index in [0.717, 1.165) is 32.4 Å². The number of pyridine rings is 1. The van der Waals surface area contributed by atoms with Crippen LogP contribution in [0.15, 0.2) is 72.9 Å². The van der Waals surface area contributed by atoms with Gasteiger partial charge in [0.2, 0.25) is 5.91 Å². The quantitative estimate of drug-likeness (QED) is 0.290. The lowest BCUT2D eigenvalue weighted by Crippen LogP contribution is -2.12. The number of nitrogens with one attached hydrogen (secondary N) is 2. The third-order valence-corrected chi connectivity index (χ3v) is 5.91. The number of carbonyl (C=O) groups is 1. The van der Waals surface area contributed by atoms with Crippen LogP contribution in [0.4, 0.5) is 16.5 Å². The SMILES string of the molecule is CN(C)CC=CC(=O)Nc1ccc2nc(Nc3ccc(OCc4ccccn4)c(Cl)c3)sc2c1. The lowest BCUT2D eigenvalue weighted by molar-refractivity contribution is -0.111. The predicted octanol–water partition coefficient (Wildman–Crippen LogP) is 5.72. The second-order valence-corrected chi connectivity index (χ2v) is 9.17. The minimum atomic E-state index is -0.163. The number of aromatic nitrogens is 2. The van der Waals surface area contributed by atoms with Gasteiger partial charge in [0.05, 0.1) is 20.9 Å². The second-order valence-electron chi connectivity index (χ2n) is 7.74. The molecule has 174 valence electrons. The standard InChI is InChI=1S/C25H24ClN5O2S/c1-31(2)13-5-7-24(32)28-18-8-10-21-23(15-18)34-25(30-21)29-17-9-11-22(20(26)14-17)33-16-19-6-3-4-12-27-19/h3-12,14-15H,13,16H2,1-2H3,(H,28,32)(H,29,30). The molecular formula is C25H24ClN5O2S. The number of thiazole rings is 1. The number of halogens is 1. The number of amides is 1. The van der Waals surface area contributed by atoms with E-state index < -0.39 is 0 Å². The van der Waals surface area contributed by atoms with Crippen LogP contribution < -0.4 is 15.4 Å². The van der Waals surface area contributed by atoms with Gasteiger partial charge in [-0.05, 0) is 62.6 Å². The van der Waals surface area contributed by atoms with Gasteiger partial charge in [-0.25, -0.2) is 4.98 Å². The highest BCUT2D eigenvalue weighted by atomic mass is 35.5. The van der Waals surface area contributed by atoms with Crippen molar-refractivity contribution < 1.29 is 9.53 Å². The first kappa shape index (κ1) is 23.7. The minimum Gasteiger partial charge on any atom is -0.486 e. The van der Waals surface area contributed by atoms with Crippen LogP contribution in [0.2, 0.25) is 5.02 Å². The van der Waals surface area contributed by atoms with Crippen LogP contribution in [0.25, 0.3) is 10.2 Å². The van der Waals surface area contributed by atoms with Gasteiger partial charge in [-0.1, -0.05) is 35.1 Å². The molecule has 9 heteroatoms. The van der Waals surface area contributed by atoms with E-state index >= 15 is 0 Å². The summed E-state index contributed by atoms with van der Waals surface area (Å²) in [6, 6.07) is 16.8. The molecule has 0 radical (unpaired) electrons. The normalized spacial score (nSPS) is 11.3. The number of carbonyl (C=O) groups excluding carboxylic acids is 1. The molecule has 2 heterocycles. The Morgan fingerprint density at radius 1 is 1.15 bits per heavy atom. The Morgan fingerprint density at radius 2 is 2.00 bits per heavy atom. The molecule has 7 nitrogen and oxygen atoms in total. The average molecular weight is 494 g/mol. The average Bonchev–Trinajstić information content (AvgIpc) is 3.20. The zero-order valence-corrected chi connectivity index (χ0v) is 20.4. The van der Waals surface area contributed by atoms with Crippen molar-refractivity contribution in [3.63, 3.8) is 0 Å². The molecule has 4 aromatic rings. The molecule has 4 rings (SSSR count). The smallest absolute Gasteiger partial charge is 0.248 e. The molecule has 0 aliphatic rings. The van der Waals surface area contributed by atoms with Crippen LogP contribution in [-0.2, 0) is 11.4 Å². The second kappa shape index (κ2) is 11.1. The van der Waals surface area contributed by atoms with Gasteiger partial charge in [-0.2, -0.15) is 0 Å². The molecule has 2 aromatic heterocycles. The molecule has 0 aliphatic carbocycles. The van der Waals surface area contributed by atoms with E-state index in [1.54, 1.807) is 12.3 Å². The fourth-order valence-electron chi connectivity index (χ4n) is 3.06. The summed E-state index contributed by atoms with van der Waals surface area (Å²) in [5.74, 6) is 0.422. The van der Waals surface area contributed by atoms with Crippen LogP contribution >= 0.6 is 22.9 Å². The Labute approximate surface area is 207 Å². The summed E-state index contributed by atoms with van der Waals surface area (Å²) in [6.07, 6.45) is 5.09. The molecule has 1 amide bonds. The molecule has 0 unspecified atom stereocenters. The lowest BCUT2D eigenvalue weighted by atomic mass is 10.3. The van der Waals surface area contributed by atoms with Crippen molar-refractivity contribution in [3.8, 4) is 5.75 Å². The van der Waals surface area contributed by atoms with Crippen molar-refractivity contribution in [2.24, 2.45) is 0 Å². The molecule has 34 heavy (non-hydrogen) atoms. The number of rotatable bonds is 9. The van der Waals surface area contributed by atoms with Crippen LogP contribution in [0.1, 0.15) is 5.69 Å². The molecule has 0 bridgehead atoms. The molecule has 0 aliphatic heterocycles. The van der Waals surface area contributed by atoms with Gasteiger partial charge in [0.1, 0.15) is 12.4 Å². The van der Waals surface area contributed by atoms with E-state index in [1.165, 1.54) is 17.4 Å². The van der Waals surface area contributed by atoms with Crippen LogP contribution in [0.3, 0.4) is 0 Å². The fourth-order valence-corrected chi connectivity index (χ4v) is 4.23. The van der Waals surface area contributed by atoms with Gasteiger partial charge in [-0.3, -0.25) is 9.78 Å². The van der Waals surface area contributed by atoms with Gasteiger partial charge < -0.3 is 20.3 Å². The summed E-state index contributed by atoms with van der Waals surface area (Å²) in [6.45, 7) is 1.05. The van der Waals surface area contributed by atoms with Crippen molar-refractivity contribution >= 4 is 55.6 Å². The van der Waals surface area contributed by atoms with Crippen molar-refractivity contribution in [2.75, 3.05) is 31.3 Å². The Hall–Kier alpha value is -3.46. The first-order valence-corrected chi connectivity index (χ1v) is 11.8. The number of fused-ring (bicyclic) bond motifs is 1. The van der Waals surface area contributed by atoms with Gasteiger partial charge in [0.25, 0.3) is 0 Å². The van der Waals surface area contributed by atoms with Crippen LogP contribution in [0.5, 0.6) is 5.75 Å². The van der Waals surface area contributed by atoms with Crippen molar-refractivity contribution in [2.45, 2.75) is 6.61 Å². The summed E-state index contributed by atoms with van der Waals surface area (Å²) in [5, 5.41) is 7.39. The Balaban J connectivity index is 1.39. The number of hydrogen-bond donors (Lipinski definition) is 2. The minimum absolute atomic E-state index is 0.163. The van der Waals surface area contributed by atoms with Crippen molar-refractivity contribution in [3.05, 3.63) is 83.7 Å². The third kappa shape index (κ3) is 6.54. The first-order chi connectivity index (χ1) is 16.5. The molecule has 0 saturated heterocycles. The molecule has 0 fully saturated rings. The molecule has 0 spiro atoms. The van der Waals surface area contributed by atoms with Crippen molar-refractivity contribution in [1.82, 2.24) is 14.9 Å². The van der Waals surface area contributed by atoms with E-state index in [2.05, 4.69) is 20.6 Å². The summed E-state index contributed by atoms with van der Waals surface area (Å²) >= 11 is 7.90. The van der Waals surface area contributed by atoms with Crippen molar-refractivity contribution in [1.29, 1.82) is 0 Å². The van der Waals surface area contributed by atoms with E-state index in [0.29, 0.717) is 23.9 Å². The molecule has 0 atom stereocenters. The number of anilines is 3. The molecule has 2 aromatic carbocycles.